The van der Waals surface area contributed by atoms with Crippen LogP contribution in [0.1, 0.15) is 18.2 Å². The second-order valence-electron chi connectivity index (χ2n) is 2.79. The Hall–Kier alpha value is -0.490. The van der Waals surface area contributed by atoms with E-state index in [1.807, 2.05) is 0 Å². The molecule has 0 saturated heterocycles. The smallest absolute Gasteiger partial charge is 0.391 e. The molecule has 0 amide bonds. The summed E-state index contributed by atoms with van der Waals surface area (Å²) in [6.07, 6.45) is -3.81. The molecule has 1 unspecified atom stereocenters. The Labute approximate surface area is 87.6 Å². The number of furan rings is 1. The largest absolute Gasteiger partial charge is 0.466 e. The molecule has 0 spiro atoms. The Balaban J connectivity index is 2.78. The normalized spacial score (nSPS) is 14.4. The number of alkyl halides is 3. The van der Waals surface area contributed by atoms with E-state index in [-0.39, 0.29) is 5.76 Å². The van der Waals surface area contributed by atoms with Crippen molar-refractivity contribution < 1.29 is 17.6 Å². The van der Waals surface area contributed by atoms with Crippen LogP contribution in [0.25, 0.3) is 0 Å². The van der Waals surface area contributed by atoms with Crippen molar-refractivity contribution in [2.24, 2.45) is 0 Å². The van der Waals surface area contributed by atoms with Gasteiger partial charge in [-0.05, 0) is 29.0 Å². The summed E-state index contributed by atoms with van der Waals surface area (Å²) in [5.74, 6) is 0.268. The van der Waals surface area contributed by atoms with Crippen LogP contribution in [-0.2, 0) is 0 Å². The van der Waals surface area contributed by atoms with Crippen LogP contribution in [0.15, 0.2) is 21.2 Å². The Kier molecular flexibility index (Phi) is 3.60. The van der Waals surface area contributed by atoms with Crippen molar-refractivity contribution in [1.29, 1.82) is 0 Å². The molecule has 1 N–H and O–H groups in total. The third kappa shape index (κ3) is 3.02. The number of nitrogens with one attached hydrogen (secondary N) is 1. The van der Waals surface area contributed by atoms with E-state index in [4.69, 9.17) is 4.42 Å². The molecule has 0 fully saturated rings. The summed E-state index contributed by atoms with van der Waals surface area (Å²) >= 11 is 3.11. The van der Waals surface area contributed by atoms with Gasteiger partial charge in [0.2, 0.25) is 0 Å². The van der Waals surface area contributed by atoms with Crippen LogP contribution in [-0.4, -0.2) is 13.2 Å². The van der Waals surface area contributed by atoms with Gasteiger partial charge in [-0.1, -0.05) is 0 Å². The average molecular weight is 272 g/mol. The van der Waals surface area contributed by atoms with Gasteiger partial charge in [-0.2, -0.15) is 13.2 Å². The van der Waals surface area contributed by atoms with Gasteiger partial charge >= 0.3 is 6.18 Å². The molecule has 1 rings (SSSR count). The molecule has 1 aromatic rings. The molecule has 0 radical (unpaired) electrons. The first-order chi connectivity index (χ1) is 6.44. The first kappa shape index (κ1) is 11.6. The standard InChI is InChI=1S/C8H9BrF3NO/c1-13-6(4-8(10,11)12)7-5(9)2-3-14-7/h2-3,6,13H,4H2,1H3. The summed E-state index contributed by atoms with van der Waals surface area (Å²) < 4.78 is 41.9. The number of hydrogen-bond donors (Lipinski definition) is 1. The highest BCUT2D eigenvalue weighted by Gasteiger charge is 2.33. The quantitative estimate of drug-likeness (QED) is 0.913. The topological polar surface area (TPSA) is 25.2 Å². The summed E-state index contributed by atoms with van der Waals surface area (Å²) in [6, 6.07) is 0.718. The summed E-state index contributed by atoms with van der Waals surface area (Å²) in [4.78, 5) is 0. The van der Waals surface area contributed by atoms with Crippen LogP contribution in [0.3, 0.4) is 0 Å². The van der Waals surface area contributed by atoms with Crippen LogP contribution in [0.5, 0.6) is 0 Å². The zero-order valence-corrected chi connectivity index (χ0v) is 8.95. The van der Waals surface area contributed by atoms with E-state index in [2.05, 4.69) is 21.2 Å². The molecule has 6 heteroatoms. The molecule has 0 aliphatic heterocycles. The van der Waals surface area contributed by atoms with Gasteiger partial charge in [0, 0.05) is 0 Å². The highest BCUT2D eigenvalue weighted by molar-refractivity contribution is 9.10. The molecule has 80 valence electrons. The highest BCUT2D eigenvalue weighted by Crippen LogP contribution is 2.33. The second-order valence-corrected chi connectivity index (χ2v) is 3.65. The summed E-state index contributed by atoms with van der Waals surface area (Å²) in [7, 11) is 1.46. The Morgan fingerprint density at radius 1 is 1.57 bits per heavy atom. The molecule has 1 heterocycles. The van der Waals surface area contributed by atoms with Gasteiger partial charge in [-0.3, -0.25) is 0 Å². The fourth-order valence-corrected chi connectivity index (χ4v) is 1.59. The summed E-state index contributed by atoms with van der Waals surface area (Å²) in [6.45, 7) is 0. The maximum absolute atomic E-state index is 12.1. The molecule has 0 aromatic carbocycles. The Morgan fingerprint density at radius 3 is 2.57 bits per heavy atom. The van der Waals surface area contributed by atoms with Crippen LogP contribution in [0.2, 0.25) is 0 Å². The molecule has 0 bridgehead atoms. The lowest BCUT2D eigenvalue weighted by atomic mass is 10.1. The lowest BCUT2D eigenvalue weighted by Gasteiger charge is -2.16. The lowest BCUT2D eigenvalue weighted by molar-refractivity contribution is -0.141. The number of hydrogen-bond acceptors (Lipinski definition) is 2. The van der Waals surface area contributed by atoms with Gasteiger partial charge in [-0.25, -0.2) is 0 Å². The van der Waals surface area contributed by atoms with Gasteiger partial charge in [0.1, 0.15) is 5.76 Å². The van der Waals surface area contributed by atoms with E-state index in [0.29, 0.717) is 4.47 Å². The molecule has 1 aromatic heterocycles. The van der Waals surface area contributed by atoms with Gasteiger partial charge in [0.05, 0.1) is 23.2 Å². The minimum Gasteiger partial charge on any atom is -0.466 e. The summed E-state index contributed by atoms with van der Waals surface area (Å²) in [5, 5.41) is 2.56. The molecule has 0 aliphatic carbocycles. The summed E-state index contributed by atoms with van der Waals surface area (Å²) in [5.41, 5.74) is 0. The van der Waals surface area contributed by atoms with E-state index in [9.17, 15) is 13.2 Å². The van der Waals surface area contributed by atoms with Crippen molar-refractivity contribution in [3.05, 3.63) is 22.6 Å². The highest BCUT2D eigenvalue weighted by atomic mass is 79.9. The first-order valence-electron chi connectivity index (χ1n) is 3.91. The second kappa shape index (κ2) is 4.35. The Morgan fingerprint density at radius 2 is 2.21 bits per heavy atom. The molecule has 1 atom stereocenters. The van der Waals surface area contributed by atoms with Crippen molar-refractivity contribution in [1.82, 2.24) is 5.32 Å². The maximum Gasteiger partial charge on any atom is 0.391 e. The monoisotopic (exact) mass is 271 g/mol. The maximum atomic E-state index is 12.1. The van der Waals surface area contributed by atoms with E-state index >= 15 is 0 Å². The van der Waals surface area contributed by atoms with Gasteiger partial charge < -0.3 is 9.73 Å². The average Bonchev–Trinajstić information content (AvgIpc) is 2.45. The van der Waals surface area contributed by atoms with E-state index in [0.717, 1.165) is 0 Å². The van der Waals surface area contributed by atoms with Crippen LogP contribution < -0.4 is 5.32 Å². The van der Waals surface area contributed by atoms with Crippen LogP contribution >= 0.6 is 15.9 Å². The molecule has 2 nitrogen and oxygen atoms in total. The molecular formula is C8H9BrF3NO. The zero-order valence-electron chi connectivity index (χ0n) is 7.36. The van der Waals surface area contributed by atoms with Crippen molar-refractivity contribution in [3.63, 3.8) is 0 Å². The molecular weight excluding hydrogens is 263 g/mol. The van der Waals surface area contributed by atoms with Gasteiger partial charge in [-0.15, -0.1) is 0 Å². The predicted octanol–water partition coefficient (Wildman–Crippen LogP) is 3.26. The zero-order chi connectivity index (χ0) is 10.8. The predicted molar refractivity (Wildman–Crippen MR) is 48.9 cm³/mol. The molecule has 0 aliphatic rings. The van der Waals surface area contributed by atoms with E-state index < -0.39 is 18.6 Å². The first-order valence-corrected chi connectivity index (χ1v) is 4.70. The Bertz CT molecular complexity index is 297. The molecule has 14 heavy (non-hydrogen) atoms. The fraction of sp³-hybridized carbons (Fsp3) is 0.500. The number of halogens is 4. The van der Waals surface area contributed by atoms with Gasteiger partial charge in [0.25, 0.3) is 0 Å². The third-order valence-corrected chi connectivity index (χ3v) is 2.40. The lowest BCUT2D eigenvalue weighted by Crippen LogP contribution is -2.23. The van der Waals surface area contributed by atoms with Crippen LogP contribution in [0.4, 0.5) is 13.2 Å². The van der Waals surface area contributed by atoms with Crippen LogP contribution in [0, 0.1) is 0 Å². The minimum atomic E-state index is -4.21. The van der Waals surface area contributed by atoms with Crippen molar-refractivity contribution in [3.8, 4) is 0 Å². The fourth-order valence-electron chi connectivity index (χ4n) is 1.11. The van der Waals surface area contributed by atoms with Crippen molar-refractivity contribution in [2.75, 3.05) is 7.05 Å². The van der Waals surface area contributed by atoms with Gasteiger partial charge in [0.15, 0.2) is 0 Å². The van der Waals surface area contributed by atoms with Crippen molar-refractivity contribution in [2.45, 2.75) is 18.6 Å². The molecule has 0 saturated carbocycles. The van der Waals surface area contributed by atoms with E-state index in [1.54, 1.807) is 6.07 Å². The minimum absolute atomic E-state index is 0.268. The van der Waals surface area contributed by atoms with E-state index in [1.165, 1.54) is 13.3 Å². The SMILES string of the molecule is CNC(CC(F)(F)F)c1occc1Br. The van der Waals surface area contributed by atoms with Crippen molar-refractivity contribution >= 4 is 15.9 Å². The number of rotatable bonds is 3. The third-order valence-electron chi connectivity index (χ3n) is 1.75.